The van der Waals surface area contributed by atoms with Crippen LogP contribution in [0.5, 0.6) is 0 Å². The van der Waals surface area contributed by atoms with Gasteiger partial charge in [-0.3, -0.25) is 4.79 Å². The number of carbonyl (C=O) groups is 1. The first-order chi connectivity index (χ1) is 6.26. The molecule has 0 aromatic carbocycles. The van der Waals surface area contributed by atoms with E-state index in [0.29, 0.717) is 6.42 Å². The molecule has 0 bridgehead atoms. The summed E-state index contributed by atoms with van der Waals surface area (Å²) in [6.07, 6.45) is 1.48. The first-order valence-electron chi connectivity index (χ1n) is 4.71. The SMILES string of the molecule is CC#CC1C[C@H](NC(=O)CC)CN1. The molecule has 1 heterocycles. The first-order valence-corrected chi connectivity index (χ1v) is 4.71. The zero-order chi connectivity index (χ0) is 9.68. The van der Waals surface area contributed by atoms with Crippen molar-refractivity contribution >= 4 is 5.91 Å². The maximum absolute atomic E-state index is 11.1. The number of carbonyl (C=O) groups excluding carboxylic acids is 1. The van der Waals surface area contributed by atoms with Crippen molar-refractivity contribution in [3.63, 3.8) is 0 Å². The van der Waals surface area contributed by atoms with Crippen LogP contribution in [0.2, 0.25) is 0 Å². The second-order valence-corrected chi connectivity index (χ2v) is 3.21. The summed E-state index contributed by atoms with van der Waals surface area (Å²) < 4.78 is 0. The smallest absolute Gasteiger partial charge is 0.219 e. The Kier molecular flexibility index (Phi) is 3.78. The van der Waals surface area contributed by atoms with Gasteiger partial charge in [-0.15, -0.1) is 5.92 Å². The molecule has 13 heavy (non-hydrogen) atoms. The van der Waals surface area contributed by atoms with Crippen molar-refractivity contribution in [1.29, 1.82) is 0 Å². The van der Waals surface area contributed by atoms with E-state index in [1.54, 1.807) is 0 Å². The van der Waals surface area contributed by atoms with Crippen LogP contribution in [0.3, 0.4) is 0 Å². The molecule has 0 radical (unpaired) electrons. The van der Waals surface area contributed by atoms with Gasteiger partial charge in [-0.25, -0.2) is 0 Å². The summed E-state index contributed by atoms with van der Waals surface area (Å²) in [5.74, 6) is 6.05. The van der Waals surface area contributed by atoms with Gasteiger partial charge in [0.2, 0.25) is 5.91 Å². The van der Waals surface area contributed by atoms with E-state index >= 15 is 0 Å². The Morgan fingerprint density at radius 1 is 1.69 bits per heavy atom. The van der Waals surface area contributed by atoms with Gasteiger partial charge in [0.25, 0.3) is 0 Å². The van der Waals surface area contributed by atoms with E-state index in [-0.39, 0.29) is 18.0 Å². The molecule has 3 nitrogen and oxygen atoms in total. The highest BCUT2D eigenvalue weighted by Gasteiger charge is 2.22. The van der Waals surface area contributed by atoms with E-state index in [1.807, 2.05) is 13.8 Å². The van der Waals surface area contributed by atoms with Crippen molar-refractivity contribution in [1.82, 2.24) is 10.6 Å². The molecule has 1 fully saturated rings. The summed E-state index contributed by atoms with van der Waals surface area (Å²) in [5.41, 5.74) is 0. The highest BCUT2D eigenvalue weighted by Crippen LogP contribution is 2.05. The molecule has 1 saturated heterocycles. The Labute approximate surface area is 79.3 Å². The lowest BCUT2D eigenvalue weighted by molar-refractivity contribution is -0.121. The van der Waals surface area contributed by atoms with Crippen LogP contribution in [0, 0.1) is 11.8 Å². The normalized spacial score (nSPS) is 26.3. The number of amides is 1. The second kappa shape index (κ2) is 4.88. The lowest BCUT2D eigenvalue weighted by Gasteiger charge is -2.09. The molecule has 1 aliphatic rings. The molecule has 2 atom stereocenters. The summed E-state index contributed by atoms with van der Waals surface area (Å²) >= 11 is 0. The lowest BCUT2D eigenvalue weighted by Crippen LogP contribution is -2.35. The maximum Gasteiger partial charge on any atom is 0.219 e. The van der Waals surface area contributed by atoms with E-state index < -0.39 is 0 Å². The highest BCUT2D eigenvalue weighted by molar-refractivity contribution is 5.75. The van der Waals surface area contributed by atoms with Crippen LogP contribution in [-0.2, 0) is 4.79 Å². The zero-order valence-corrected chi connectivity index (χ0v) is 8.18. The standard InChI is InChI=1S/C10H16N2O/c1-3-5-8-6-9(7-11-8)12-10(13)4-2/h8-9,11H,4,6-7H2,1-2H3,(H,12,13)/t8?,9-/m0/s1. The first kappa shape index (κ1) is 10.1. The second-order valence-electron chi connectivity index (χ2n) is 3.21. The van der Waals surface area contributed by atoms with E-state index in [2.05, 4.69) is 22.5 Å². The number of nitrogens with one attached hydrogen (secondary N) is 2. The number of hydrogen-bond acceptors (Lipinski definition) is 2. The van der Waals surface area contributed by atoms with Gasteiger partial charge in [-0.05, 0) is 13.3 Å². The van der Waals surface area contributed by atoms with Gasteiger partial charge >= 0.3 is 0 Å². The summed E-state index contributed by atoms with van der Waals surface area (Å²) in [5, 5.41) is 6.20. The molecule has 2 N–H and O–H groups in total. The Hall–Kier alpha value is -1.01. The van der Waals surface area contributed by atoms with Crippen molar-refractivity contribution in [2.24, 2.45) is 0 Å². The third-order valence-corrected chi connectivity index (χ3v) is 2.14. The van der Waals surface area contributed by atoms with Crippen molar-refractivity contribution in [3.8, 4) is 11.8 Å². The van der Waals surface area contributed by atoms with Gasteiger partial charge in [0.15, 0.2) is 0 Å². The van der Waals surface area contributed by atoms with E-state index in [0.717, 1.165) is 13.0 Å². The van der Waals surface area contributed by atoms with Crippen LogP contribution in [0.25, 0.3) is 0 Å². The van der Waals surface area contributed by atoms with Crippen molar-refractivity contribution < 1.29 is 4.79 Å². The van der Waals surface area contributed by atoms with E-state index in [9.17, 15) is 4.79 Å². The molecule has 0 spiro atoms. The van der Waals surface area contributed by atoms with Crippen LogP contribution >= 0.6 is 0 Å². The fraction of sp³-hybridized carbons (Fsp3) is 0.700. The van der Waals surface area contributed by atoms with Crippen molar-refractivity contribution in [2.45, 2.75) is 38.8 Å². The lowest BCUT2D eigenvalue weighted by atomic mass is 10.2. The summed E-state index contributed by atoms with van der Waals surface area (Å²) in [4.78, 5) is 11.1. The van der Waals surface area contributed by atoms with Crippen molar-refractivity contribution in [3.05, 3.63) is 0 Å². The average molecular weight is 180 g/mol. The molecule has 3 heteroatoms. The highest BCUT2D eigenvalue weighted by atomic mass is 16.1. The largest absolute Gasteiger partial charge is 0.352 e. The molecular weight excluding hydrogens is 164 g/mol. The zero-order valence-electron chi connectivity index (χ0n) is 8.18. The van der Waals surface area contributed by atoms with Gasteiger partial charge in [0.1, 0.15) is 0 Å². The van der Waals surface area contributed by atoms with Crippen molar-refractivity contribution in [2.75, 3.05) is 6.54 Å². The topological polar surface area (TPSA) is 41.1 Å². The minimum Gasteiger partial charge on any atom is -0.352 e. The van der Waals surface area contributed by atoms with Gasteiger partial charge in [0, 0.05) is 19.0 Å². The Bertz CT molecular complexity index is 239. The summed E-state index contributed by atoms with van der Waals surface area (Å²) in [7, 11) is 0. The molecule has 0 aromatic rings. The monoisotopic (exact) mass is 180 g/mol. The Morgan fingerprint density at radius 3 is 3.08 bits per heavy atom. The van der Waals surface area contributed by atoms with Crippen LogP contribution < -0.4 is 10.6 Å². The fourth-order valence-corrected chi connectivity index (χ4v) is 1.46. The third-order valence-electron chi connectivity index (χ3n) is 2.14. The molecule has 72 valence electrons. The maximum atomic E-state index is 11.1. The predicted molar refractivity (Wildman–Crippen MR) is 52.1 cm³/mol. The third kappa shape index (κ3) is 3.08. The quantitative estimate of drug-likeness (QED) is 0.599. The molecule has 0 aromatic heterocycles. The molecule has 0 aliphatic carbocycles. The van der Waals surface area contributed by atoms with Crippen LogP contribution in [0.15, 0.2) is 0 Å². The molecule has 1 amide bonds. The average Bonchev–Trinajstić information content (AvgIpc) is 2.53. The van der Waals surface area contributed by atoms with Crippen LogP contribution in [0.1, 0.15) is 26.7 Å². The van der Waals surface area contributed by atoms with E-state index in [1.165, 1.54) is 0 Å². The molecular formula is C10H16N2O. The van der Waals surface area contributed by atoms with E-state index in [4.69, 9.17) is 0 Å². The minimum absolute atomic E-state index is 0.122. The minimum atomic E-state index is 0.122. The van der Waals surface area contributed by atoms with Gasteiger partial charge in [-0.1, -0.05) is 12.8 Å². The number of hydrogen-bond donors (Lipinski definition) is 2. The molecule has 1 rings (SSSR count). The number of rotatable bonds is 2. The fourth-order valence-electron chi connectivity index (χ4n) is 1.46. The van der Waals surface area contributed by atoms with Gasteiger partial charge < -0.3 is 10.6 Å². The molecule has 1 aliphatic heterocycles. The van der Waals surface area contributed by atoms with Crippen LogP contribution in [0.4, 0.5) is 0 Å². The Balaban J connectivity index is 2.31. The molecule has 0 saturated carbocycles. The van der Waals surface area contributed by atoms with Gasteiger partial charge in [-0.2, -0.15) is 0 Å². The predicted octanol–water partition coefficient (Wildman–Crippen LogP) is 0.266. The van der Waals surface area contributed by atoms with Crippen LogP contribution in [-0.4, -0.2) is 24.5 Å². The summed E-state index contributed by atoms with van der Waals surface area (Å²) in [6.45, 7) is 4.53. The summed E-state index contributed by atoms with van der Waals surface area (Å²) in [6, 6.07) is 0.519. The molecule has 1 unspecified atom stereocenters. The van der Waals surface area contributed by atoms with Gasteiger partial charge in [0.05, 0.1) is 6.04 Å². The Morgan fingerprint density at radius 2 is 2.46 bits per heavy atom.